The molecule has 0 saturated carbocycles. The van der Waals surface area contributed by atoms with Gasteiger partial charge in [0.2, 0.25) is 5.91 Å². The van der Waals surface area contributed by atoms with Crippen LogP contribution in [0.25, 0.3) is 17.0 Å². The number of benzene rings is 2. The van der Waals surface area contributed by atoms with Crippen molar-refractivity contribution in [2.75, 3.05) is 18.2 Å². The molecular formula is C22H21N5O3S. The summed E-state index contributed by atoms with van der Waals surface area (Å²) in [5.41, 5.74) is 3.89. The number of methoxy groups -OCH3 is 1. The molecule has 0 bridgehead atoms. The van der Waals surface area contributed by atoms with E-state index < -0.39 is 0 Å². The number of carbonyl (C=O) groups excluding carboxylic acids is 1. The lowest BCUT2D eigenvalue weighted by Gasteiger charge is -2.09. The van der Waals surface area contributed by atoms with E-state index in [0.717, 1.165) is 22.4 Å². The lowest BCUT2D eigenvalue weighted by Crippen LogP contribution is -2.15. The van der Waals surface area contributed by atoms with Crippen LogP contribution in [0.3, 0.4) is 0 Å². The van der Waals surface area contributed by atoms with Crippen molar-refractivity contribution in [2.24, 2.45) is 0 Å². The number of thioether (sulfide) groups is 1. The summed E-state index contributed by atoms with van der Waals surface area (Å²) in [6, 6.07) is 14.5. The minimum atomic E-state index is -0.293. The third-order valence-corrected chi connectivity index (χ3v) is 5.71. The van der Waals surface area contributed by atoms with Gasteiger partial charge in [-0.05, 0) is 49.2 Å². The highest BCUT2D eigenvalue weighted by molar-refractivity contribution is 7.99. The Morgan fingerprint density at radius 2 is 1.97 bits per heavy atom. The van der Waals surface area contributed by atoms with E-state index in [1.165, 1.54) is 22.3 Å². The van der Waals surface area contributed by atoms with E-state index in [9.17, 15) is 9.59 Å². The third-order valence-electron chi connectivity index (χ3n) is 4.78. The molecule has 9 heteroatoms. The summed E-state index contributed by atoms with van der Waals surface area (Å²) in [7, 11) is 1.59. The molecule has 4 aromatic rings. The van der Waals surface area contributed by atoms with E-state index >= 15 is 0 Å². The number of amides is 1. The second-order valence-corrected chi connectivity index (χ2v) is 7.95. The average molecular weight is 436 g/mol. The fraction of sp³-hybridized carbons (Fsp3) is 0.182. The van der Waals surface area contributed by atoms with Crippen molar-refractivity contribution in [3.8, 4) is 17.1 Å². The minimum absolute atomic E-state index is 0.122. The number of ether oxygens (including phenoxy) is 1. The van der Waals surface area contributed by atoms with E-state index in [1.54, 1.807) is 7.11 Å². The monoisotopic (exact) mass is 435 g/mol. The molecule has 2 aromatic carbocycles. The number of fused-ring (bicyclic) bond motifs is 1. The zero-order valence-corrected chi connectivity index (χ0v) is 18.1. The van der Waals surface area contributed by atoms with Crippen molar-refractivity contribution >= 4 is 29.0 Å². The topological polar surface area (TPSA) is 101 Å². The summed E-state index contributed by atoms with van der Waals surface area (Å²) in [5.74, 6) is 1.07. The van der Waals surface area contributed by atoms with Gasteiger partial charge < -0.3 is 10.1 Å². The summed E-state index contributed by atoms with van der Waals surface area (Å²) in [5, 5.41) is 6.03. The smallest absolute Gasteiger partial charge is 0.266 e. The maximum absolute atomic E-state index is 12.5. The van der Waals surface area contributed by atoms with E-state index in [1.807, 2.05) is 56.3 Å². The van der Waals surface area contributed by atoms with Gasteiger partial charge in [-0.15, -0.1) is 0 Å². The molecule has 2 aromatic heterocycles. The van der Waals surface area contributed by atoms with Crippen molar-refractivity contribution < 1.29 is 9.53 Å². The van der Waals surface area contributed by atoms with Gasteiger partial charge in [-0.3, -0.25) is 14.7 Å². The van der Waals surface area contributed by atoms with Crippen molar-refractivity contribution in [1.29, 1.82) is 0 Å². The molecule has 158 valence electrons. The van der Waals surface area contributed by atoms with Crippen LogP contribution in [0.2, 0.25) is 0 Å². The number of hydrogen-bond acceptors (Lipinski definition) is 6. The number of hydrogen-bond donors (Lipinski definition) is 2. The molecule has 0 spiro atoms. The first-order chi connectivity index (χ1) is 14.9. The number of anilines is 1. The Balaban J connectivity index is 1.59. The van der Waals surface area contributed by atoms with Crippen LogP contribution < -0.4 is 15.6 Å². The normalized spacial score (nSPS) is 10.9. The summed E-state index contributed by atoms with van der Waals surface area (Å²) in [4.78, 5) is 33.4. The maximum Gasteiger partial charge on any atom is 0.266 e. The number of nitrogens with zero attached hydrogens (tertiary/aromatic N) is 3. The largest absolute Gasteiger partial charge is 0.497 e. The van der Waals surface area contributed by atoms with Gasteiger partial charge in [0.1, 0.15) is 5.75 Å². The molecule has 4 rings (SSSR count). The van der Waals surface area contributed by atoms with Gasteiger partial charge in [0.25, 0.3) is 5.56 Å². The Morgan fingerprint density at radius 1 is 1.13 bits per heavy atom. The zero-order valence-electron chi connectivity index (χ0n) is 17.3. The molecule has 0 aliphatic rings. The summed E-state index contributed by atoms with van der Waals surface area (Å²) in [6.07, 6.45) is 0. The van der Waals surface area contributed by atoms with Crippen molar-refractivity contribution in [2.45, 2.75) is 19.0 Å². The molecule has 0 unspecified atom stereocenters. The highest BCUT2D eigenvalue weighted by Gasteiger charge is 2.14. The van der Waals surface area contributed by atoms with E-state index in [4.69, 9.17) is 4.74 Å². The van der Waals surface area contributed by atoms with Crippen LogP contribution in [-0.2, 0) is 4.79 Å². The molecule has 31 heavy (non-hydrogen) atoms. The first-order valence-electron chi connectivity index (χ1n) is 9.57. The van der Waals surface area contributed by atoms with Crippen LogP contribution in [0.15, 0.2) is 58.5 Å². The molecular weight excluding hydrogens is 414 g/mol. The second kappa shape index (κ2) is 8.65. The first kappa shape index (κ1) is 20.7. The lowest BCUT2D eigenvalue weighted by molar-refractivity contribution is -0.113. The number of aromatic nitrogens is 4. The SMILES string of the molecule is COc1cccc(-c2nc(SCC(=O)Nc3ccc(C)c(C)c3)n3[nH]c(=O)cc3n2)c1. The zero-order chi connectivity index (χ0) is 22.0. The molecule has 0 aliphatic carbocycles. The van der Waals surface area contributed by atoms with Gasteiger partial charge >= 0.3 is 0 Å². The van der Waals surface area contributed by atoms with Crippen LogP contribution in [0.1, 0.15) is 11.1 Å². The number of rotatable bonds is 6. The van der Waals surface area contributed by atoms with Gasteiger partial charge in [-0.25, -0.2) is 14.5 Å². The van der Waals surface area contributed by atoms with Gasteiger partial charge in [0.05, 0.1) is 12.9 Å². The number of aryl methyl sites for hydroxylation is 2. The average Bonchev–Trinajstić information content (AvgIpc) is 3.15. The van der Waals surface area contributed by atoms with E-state index in [0.29, 0.717) is 22.4 Å². The van der Waals surface area contributed by atoms with Crippen LogP contribution in [-0.4, -0.2) is 38.4 Å². The quantitative estimate of drug-likeness (QED) is 0.450. The predicted octanol–water partition coefficient (Wildman–Crippen LogP) is 3.44. The molecule has 2 heterocycles. The third kappa shape index (κ3) is 4.61. The molecule has 0 radical (unpaired) electrons. The Kier molecular flexibility index (Phi) is 5.77. The minimum Gasteiger partial charge on any atom is -0.497 e. The van der Waals surface area contributed by atoms with Gasteiger partial charge in [0.15, 0.2) is 16.6 Å². The molecule has 0 fully saturated rings. The summed E-state index contributed by atoms with van der Waals surface area (Å²) in [6.45, 7) is 4.02. The van der Waals surface area contributed by atoms with Crippen LogP contribution in [0.5, 0.6) is 5.75 Å². The Hall–Kier alpha value is -3.59. The van der Waals surface area contributed by atoms with Crippen molar-refractivity contribution in [1.82, 2.24) is 19.6 Å². The molecule has 0 atom stereocenters. The first-order valence-corrected chi connectivity index (χ1v) is 10.6. The Labute approximate surface area is 182 Å². The summed E-state index contributed by atoms with van der Waals surface area (Å²) >= 11 is 1.22. The maximum atomic E-state index is 12.5. The number of H-pyrrole nitrogens is 1. The Bertz CT molecular complexity index is 1330. The van der Waals surface area contributed by atoms with Crippen molar-refractivity contribution in [3.05, 3.63) is 70.0 Å². The van der Waals surface area contributed by atoms with Gasteiger partial charge in [-0.1, -0.05) is 30.0 Å². The van der Waals surface area contributed by atoms with E-state index in [-0.39, 0.29) is 17.2 Å². The number of carbonyl (C=O) groups is 1. The van der Waals surface area contributed by atoms with E-state index in [2.05, 4.69) is 20.4 Å². The van der Waals surface area contributed by atoms with Crippen LogP contribution >= 0.6 is 11.8 Å². The highest BCUT2D eigenvalue weighted by atomic mass is 32.2. The lowest BCUT2D eigenvalue weighted by atomic mass is 10.1. The molecule has 1 amide bonds. The summed E-state index contributed by atoms with van der Waals surface area (Å²) < 4.78 is 6.76. The van der Waals surface area contributed by atoms with Gasteiger partial charge in [0, 0.05) is 17.3 Å². The van der Waals surface area contributed by atoms with Crippen LogP contribution in [0, 0.1) is 13.8 Å². The predicted molar refractivity (Wildman–Crippen MR) is 121 cm³/mol. The molecule has 0 saturated heterocycles. The number of nitrogens with one attached hydrogen (secondary N) is 2. The standard InChI is InChI=1S/C22H21N5O3S/c1-13-7-8-16(9-14(13)2)23-20(29)12-31-22-25-21(15-5-4-6-17(10-15)30-3)24-18-11-19(28)26-27(18)22/h4-11H,12H2,1-3H3,(H,23,29)(H,26,28). The fourth-order valence-corrected chi connectivity index (χ4v) is 3.77. The molecule has 0 aliphatic heterocycles. The van der Waals surface area contributed by atoms with Crippen molar-refractivity contribution in [3.63, 3.8) is 0 Å². The molecule has 2 N–H and O–H groups in total. The highest BCUT2D eigenvalue weighted by Crippen LogP contribution is 2.24. The second-order valence-electron chi connectivity index (χ2n) is 7.01. The fourth-order valence-electron chi connectivity index (χ4n) is 3.02. The van der Waals surface area contributed by atoms with Gasteiger partial charge in [-0.2, -0.15) is 0 Å². The number of aromatic amines is 1. The van der Waals surface area contributed by atoms with Crippen LogP contribution in [0.4, 0.5) is 5.69 Å². The Morgan fingerprint density at radius 3 is 2.74 bits per heavy atom. The molecule has 8 nitrogen and oxygen atoms in total.